The van der Waals surface area contributed by atoms with Crippen LogP contribution in [-0.4, -0.2) is 36.1 Å². The minimum absolute atomic E-state index is 0.538. The first-order valence-corrected chi connectivity index (χ1v) is 6.71. The quantitative estimate of drug-likeness (QED) is 0.877. The predicted molar refractivity (Wildman–Crippen MR) is 81.4 cm³/mol. The number of nitrogens with two attached hydrogens (primary N) is 1. The maximum Gasteiger partial charge on any atom is 0.0708 e. The van der Waals surface area contributed by atoms with Crippen molar-refractivity contribution < 1.29 is 0 Å². The number of rotatable bonds is 5. The SMILES string of the molecule is C=Cc1ccc(C)cc1CN1CCN(C(=C)CN)C1. The summed E-state index contributed by atoms with van der Waals surface area (Å²) in [7, 11) is 0. The van der Waals surface area contributed by atoms with Gasteiger partial charge in [-0.2, -0.15) is 0 Å². The molecule has 0 spiro atoms. The first kappa shape index (κ1) is 13.8. The third-order valence-corrected chi connectivity index (χ3v) is 3.65. The lowest BCUT2D eigenvalue weighted by molar-refractivity contribution is 0.271. The fourth-order valence-electron chi connectivity index (χ4n) is 2.47. The van der Waals surface area contributed by atoms with Gasteiger partial charge in [-0.25, -0.2) is 0 Å². The summed E-state index contributed by atoms with van der Waals surface area (Å²) in [5, 5.41) is 0. The molecule has 1 aromatic carbocycles. The van der Waals surface area contributed by atoms with Gasteiger partial charge >= 0.3 is 0 Å². The second-order valence-electron chi connectivity index (χ2n) is 5.13. The van der Waals surface area contributed by atoms with E-state index in [1.54, 1.807) is 0 Å². The molecule has 1 fully saturated rings. The Hall–Kier alpha value is -1.58. The summed E-state index contributed by atoms with van der Waals surface area (Å²) in [5.74, 6) is 0. The van der Waals surface area contributed by atoms with Crippen molar-refractivity contribution in [1.29, 1.82) is 0 Å². The minimum Gasteiger partial charge on any atom is -0.360 e. The molecule has 2 rings (SSSR count). The van der Waals surface area contributed by atoms with Gasteiger partial charge in [0.1, 0.15) is 0 Å². The first-order valence-electron chi connectivity index (χ1n) is 6.71. The summed E-state index contributed by atoms with van der Waals surface area (Å²) in [6.45, 7) is 14.5. The standard InChI is InChI=1S/C16H23N3/c1-4-15-6-5-13(2)9-16(15)11-18-7-8-19(12-18)14(3)10-17/h4-6,9H,1,3,7-8,10-12,17H2,2H3. The highest BCUT2D eigenvalue weighted by Gasteiger charge is 2.20. The van der Waals surface area contributed by atoms with Gasteiger partial charge in [-0.15, -0.1) is 0 Å². The van der Waals surface area contributed by atoms with Crippen LogP contribution in [0.15, 0.2) is 37.1 Å². The molecule has 102 valence electrons. The lowest BCUT2D eigenvalue weighted by atomic mass is 10.0. The third kappa shape index (κ3) is 3.25. The fraction of sp³-hybridized carbons (Fsp3) is 0.375. The third-order valence-electron chi connectivity index (χ3n) is 3.65. The van der Waals surface area contributed by atoms with E-state index >= 15 is 0 Å². The Labute approximate surface area is 116 Å². The second-order valence-corrected chi connectivity index (χ2v) is 5.13. The van der Waals surface area contributed by atoms with E-state index in [1.807, 2.05) is 6.08 Å². The topological polar surface area (TPSA) is 32.5 Å². The molecule has 0 bridgehead atoms. The van der Waals surface area contributed by atoms with E-state index in [-0.39, 0.29) is 0 Å². The normalized spacial score (nSPS) is 15.8. The van der Waals surface area contributed by atoms with Crippen LogP contribution in [0.25, 0.3) is 6.08 Å². The monoisotopic (exact) mass is 257 g/mol. The van der Waals surface area contributed by atoms with Gasteiger partial charge in [-0.05, 0) is 18.1 Å². The van der Waals surface area contributed by atoms with Crippen LogP contribution in [0, 0.1) is 6.92 Å². The van der Waals surface area contributed by atoms with Gasteiger partial charge in [0.25, 0.3) is 0 Å². The molecule has 3 heteroatoms. The summed E-state index contributed by atoms with van der Waals surface area (Å²) in [4.78, 5) is 4.67. The molecule has 0 saturated carbocycles. The van der Waals surface area contributed by atoms with Crippen LogP contribution in [0.4, 0.5) is 0 Å². The molecule has 0 amide bonds. The van der Waals surface area contributed by atoms with Crippen LogP contribution in [-0.2, 0) is 6.54 Å². The Kier molecular flexibility index (Phi) is 4.40. The minimum atomic E-state index is 0.538. The van der Waals surface area contributed by atoms with Gasteiger partial charge < -0.3 is 10.6 Å². The van der Waals surface area contributed by atoms with Gasteiger partial charge in [0, 0.05) is 31.9 Å². The lowest BCUT2D eigenvalue weighted by Crippen LogP contribution is -2.27. The Morgan fingerprint density at radius 1 is 1.42 bits per heavy atom. The van der Waals surface area contributed by atoms with Gasteiger partial charge in [0.05, 0.1) is 6.67 Å². The molecule has 0 aromatic heterocycles. The Morgan fingerprint density at radius 2 is 2.21 bits per heavy atom. The van der Waals surface area contributed by atoms with E-state index in [1.165, 1.54) is 16.7 Å². The molecular formula is C16H23N3. The van der Waals surface area contributed by atoms with Crippen LogP contribution in [0.2, 0.25) is 0 Å². The first-order chi connectivity index (χ1) is 9.13. The highest BCUT2D eigenvalue weighted by atomic mass is 15.4. The molecule has 1 aliphatic rings. The van der Waals surface area contributed by atoms with Crippen molar-refractivity contribution in [3.63, 3.8) is 0 Å². The summed E-state index contributed by atoms with van der Waals surface area (Å²) in [6.07, 6.45) is 1.93. The van der Waals surface area contributed by atoms with Crippen LogP contribution < -0.4 is 5.73 Å². The van der Waals surface area contributed by atoms with Gasteiger partial charge in [-0.3, -0.25) is 4.90 Å². The van der Waals surface area contributed by atoms with E-state index in [9.17, 15) is 0 Å². The molecule has 3 nitrogen and oxygen atoms in total. The van der Waals surface area contributed by atoms with Crippen molar-refractivity contribution in [2.45, 2.75) is 13.5 Å². The van der Waals surface area contributed by atoms with E-state index in [4.69, 9.17) is 5.73 Å². The highest BCUT2D eigenvalue weighted by molar-refractivity contribution is 5.52. The maximum absolute atomic E-state index is 5.64. The van der Waals surface area contributed by atoms with E-state index in [0.717, 1.165) is 32.0 Å². The summed E-state index contributed by atoms with van der Waals surface area (Å²) < 4.78 is 0. The predicted octanol–water partition coefficient (Wildman–Crippen LogP) is 2.19. The van der Waals surface area contributed by atoms with Crippen LogP contribution in [0.1, 0.15) is 16.7 Å². The van der Waals surface area contributed by atoms with E-state index in [0.29, 0.717) is 6.54 Å². The van der Waals surface area contributed by atoms with Crippen LogP contribution in [0.5, 0.6) is 0 Å². The number of hydrogen-bond donors (Lipinski definition) is 1. The second kappa shape index (κ2) is 6.04. The summed E-state index contributed by atoms with van der Waals surface area (Å²) in [6, 6.07) is 6.52. The van der Waals surface area contributed by atoms with Crippen molar-refractivity contribution in [3.05, 3.63) is 53.7 Å². The molecule has 1 aliphatic heterocycles. The fourth-order valence-corrected chi connectivity index (χ4v) is 2.47. The molecule has 2 N–H and O–H groups in total. The average Bonchev–Trinajstić information content (AvgIpc) is 2.86. The van der Waals surface area contributed by atoms with Crippen molar-refractivity contribution in [3.8, 4) is 0 Å². The van der Waals surface area contributed by atoms with Gasteiger partial charge in [0.2, 0.25) is 0 Å². The van der Waals surface area contributed by atoms with E-state index < -0.39 is 0 Å². The number of hydrogen-bond acceptors (Lipinski definition) is 3. The van der Waals surface area contributed by atoms with Crippen molar-refractivity contribution in [2.24, 2.45) is 5.73 Å². The molecule has 0 aliphatic carbocycles. The maximum atomic E-state index is 5.64. The molecule has 0 unspecified atom stereocenters. The summed E-state index contributed by atoms with van der Waals surface area (Å²) >= 11 is 0. The molecule has 19 heavy (non-hydrogen) atoms. The van der Waals surface area contributed by atoms with E-state index in [2.05, 4.69) is 48.1 Å². The number of nitrogens with zero attached hydrogens (tertiary/aromatic N) is 2. The van der Waals surface area contributed by atoms with Crippen molar-refractivity contribution in [2.75, 3.05) is 26.3 Å². The van der Waals surface area contributed by atoms with Crippen LogP contribution >= 0.6 is 0 Å². The Morgan fingerprint density at radius 3 is 2.89 bits per heavy atom. The molecular weight excluding hydrogens is 234 g/mol. The zero-order chi connectivity index (χ0) is 13.8. The lowest BCUT2D eigenvalue weighted by Gasteiger charge is -2.21. The highest BCUT2D eigenvalue weighted by Crippen LogP contribution is 2.18. The molecule has 0 atom stereocenters. The zero-order valence-electron chi connectivity index (χ0n) is 11.7. The van der Waals surface area contributed by atoms with Gasteiger partial charge in [-0.1, -0.05) is 43.0 Å². The molecule has 0 radical (unpaired) electrons. The zero-order valence-corrected chi connectivity index (χ0v) is 11.7. The number of benzene rings is 1. The Bertz CT molecular complexity index is 479. The van der Waals surface area contributed by atoms with Crippen LogP contribution in [0.3, 0.4) is 0 Å². The molecule has 1 heterocycles. The van der Waals surface area contributed by atoms with Crippen molar-refractivity contribution >= 4 is 6.08 Å². The smallest absolute Gasteiger partial charge is 0.0708 e. The van der Waals surface area contributed by atoms with Gasteiger partial charge in [0.15, 0.2) is 0 Å². The number of aryl methyl sites for hydroxylation is 1. The molecule has 1 saturated heterocycles. The summed E-state index contributed by atoms with van der Waals surface area (Å²) in [5.41, 5.74) is 10.5. The Balaban J connectivity index is 2.05. The van der Waals surface area contributed by atoms with Crippen molar-refractivity contribution in [1.82, 2.24) is 9.80 Å². The average molecular weight is 257 g/mol. The largest absolute Gasteiger partial charge is 0.360 e. The molecule has 1 aromatic rings.